The molecule has 1 rings (SSSR count). The molecule has 0 heterocycles. The van der Waals surface area contributed by atoms with Gasteiger partial charge in [-0.3, -0.25) is 9.69 Å². The molecular formula is C10H11Cl2NO2. The molecule has 0 unspecified atom stereocenters. The van der Waals surface area contributed by atoms with Gasteiger partial charge in [0.05, 0.1) is 6.54 Å². The Balaban J connectivity index is 2.67. The van der Waals surface area contributed by atoms with E-state index >= 15 is 0 Å². The van der Waals surface area contributed by atoms with Crippen LogP contribution in [0.2, 0.25) is 10.0 Å². The van der Waals surface area contributed by atoms with Crippen molar-refractivity contribution in [2.24, 2.45) is 0 Å². The maximum Gasteiger partial charge on any atom is 0.317 e. The lowest BCUT2D eigenvalue weighted by Gasteiger charge is -2.14. The minimum absolute atomic E-state index is 0.00979. The third-order valence-electron chi connectivity index (χ3n) is 1.78. The van der Waals surface area contributed by atoms with Gasteiger partial charge in [0.25, 0.3) is 0 Å². The first-order chi connectivity index (χ1) is 6.97. The number of likely N-dealkylation sites (N-methyl/N-ethyl adjacent to an activating group) is 1. The van der Waals surface area contributed by atoms with Crippen molar-refractivity contribution < 1.29 is 9.90 Å². The van der Waals surface area contributed by atoms with Crippen LogP contribution in [-0.2, 0) is 11.3 Å². The number of benzene rings is 1. The molecule has 0 amide bonds. The highest BCUT2D eigenvalue weighted by atomic mass is 35.5. The van der Waals surface area contributed by atoms with Gasteiger partial charge in [-0.15, -0.1) is 0 Å². The SMILES string of the molecule is CN(CC(=O)O)Cc1cc(Cl)cc(Cl)c1. The van der Waals surface area contributed by atoms with Crippen molar-refractivity contribution in [2.45, 2.75) is 6.54 Å². The van der Waals surface area contributed by atoms with Gasteiger partial charge in [0.1, 0.15) is 0 Å². The maximum atomic E-state index is 10.4. The first-order valence-electron chi connectivity index (χ1n) is 4.32. The lowest BCUT2D eigenvalue weighted by atomic mass is 10.2. The van der Waals surface area contributed by atoms with E-state index in [2.05, 4.69) is 0 Å². The van der Waals surface area contributed by atoms with Crippen molar-refractivity contribution in [2.75, 3.05) is 13.6 Å². The van der Waals surface area contributed by atoms with Crippen LogP contribution in [0.15, 0.2) is 18.2 Å². The minimum Gasteiger partial charge on any atom is -0.480 e. The molecule has 0 aromatic heterocycles. The molecular weight excluding hydrogens is 237 g/mol. The van der Waals surface area contributed by atoms with Crippen molar-refractivity contribution in [3.8, 4) is 0 Å². The zero-order valence-electron chi connectivity index (χ0n) is 8.20. The molecule has 0 bridgehead atoms. The van der Waals surface area contributed by atoms with Crippen LogP contribution in [0, 0.1) is 0 Å². The van der Waals surface area contributed by atoms with E-state index in [1.54, 1.807) is 30.1 Å². The van der Waals surface area contributed by atoms with Gasteiger partial charge in [-0.2, -0.15) is 0 Å². The summed E-state index contributed by atoms with van der Waals surface area (Å²) in [4.78, 5) is 12.1. The average Bonchev–Trinajstić information content (AvgIpc) is 1.98. The number of carboxylic acid groups (broad SMARTS) is 1. The van der Waals surface area contributed by atoms with Crippen molar-refractivity contribution in [1.29, 1.82) is 0 Å². The van der Waals surface area contributed by atoms with Gasteiger partial charge in [0.2, 0.25) is 0 Å². The highest BCUT2D eigenvalue weighted by Crippen LogP contribution is 2.19. The van der Waals surface area contributed by atoms with Crippen molar-refractivity contribution in [3.05, 3.63) is 33.8 Å². The van der Waals surface area contributed by atoms with E-state index in [1.807, 2.05) is 0 Å². The normalized spacial score (nSPS) is 10.7. The van der Waals surface area contributed by atoms with E-state index in [-0.39, 0.29) is 6.54 Å². The summed E-state index contributed by atoms with van der Waals surface area (Å²) in [5, 5.41) is 9.69. The van der Waals surface area contributed by atoms with Crippen LogP contribution in [0.1, 0.15) is 5.56 Å². The van der Waals surface area contributed by atoms with Crippen molar-refractivity contribution >= 4 is 29.2 Å². The highest BCUT2D eigenvalue weighted by molar-refractivity contribution is 6.34. The Bertz CT molecular complexity index is 348. The summed E-state index contributed by atoms with van der Waals surface area (Å²) in [6.07, 6.45) is 0. The Hall–Kier alpha value is -0.770. The molecule has 1 aromatic rings. The zero-order chi connectivity index (χ0) is 11.4. The Kier molecular flexibility index (Phi) is 4.39. The predicted octanol–water partition coefficient (Wildman–Crippen LogP) is 2.51. The van der Waals surface area contributed by atoms with Gasteiger partial charge >= 0.3 is 5.97 Å². The lowest BCUT2D eigenvalue weighted by molar-refractivity contribution is -0.138. The Morgan fingerprint density at radius 3 is 2.33 bits per heavy atom. The van der Waals surface area contributed by atoms with Crippen LogP contribution in [0.5, 0.6) is 0 Å². The molecule has 5 heteroatoms. The molecule has 0 saturated heterocycles. The fourth-order valence-electron chi connectivity index (χ4n) is 1.30. The molecule has 1 aromatic carbocycles. The Morgan fingerprint density at radius 1 is 1.33 bits per heavy atom. The molecule has 0 aliphatic carbocycles. The summed E-state index contributed by atoms with van der Waals surface area (Å²) in [5.74, 6) is -0.856. The minimum atomic E-state index is -0.856. The summed E-state index contributed by atoms with van der Waals surface area (Å²) in [6.45, 7) is 0.497. The molecule has 3 nitrogen and oxygen atoms in total. The zero-order valence-corrected chi connectivity index (χ0v) is 9.72. The van der Waals surface area contributed by atoms with Gasteiger partial charge in [-0.05, 0) is 30.8 Å². The smallest absolute Gasteiger partial charge is 0.317 e. The van der Waals surface area contributed by atoms with Crippen LogP contribution in [0.4, 0.5) is 0 Å². The van der Waals surface area contributed by atoms with Crippen LogP contribution < -0.4 is 0 Å². The molecule has 0 aliphatic rings. The van der Waals surface area contributed by atoms with Gasteiger partial charge in [0, 0.05) is 16.6 Å². The van der Waals surface area contributed by atoms with E-state index in [1.165, 1.54) is 0 Å². The number of aliphatic carboxylic acids is 1. The number of hydrogen-bond acceptors (Lipinski definition) is 2. The topological polar surface area (TPSA) is 40.5 Å². The number of halogens is 2. The molecule has 0 spiro atoms. The second kappa shape index (κ2) is 5.35. The van der Waals surface area contributed by atoms with Gasteiger partial charge in [0.15, 0.2) is 0 Å². The first-order valence-corrected chi connectivity index (χ1v) is 5.08. The van der Waals surface area contributed by atoms with Gasteiger partial charge < -0.3 is 5.11 Å². The van der Waals surface area contributed by atoms with Crippen LogP contribution in [0.25, 0.3) is 0 Å². The van der Waals surface area contributed by atoms with E-state index in [4.69, 9.17) is 28.3 Å². The molecule has 0 aliphatic heterocycles. The van der Waals surface area contributed by atoms with E-state index < -0.39 is 5.97 Å². The number of nitrogens with zero attached hydrogens (tertiary/aromatic N) is 1. The van der Waals surface area contributed by atoms with E-state index in [0.717, 1.165) is 5.56 Å². The second-order valence-electron chi connectivity index (χ2n) is 3.34. The summed E-state index contributed by atoms with van der Waals surface area (Å²) in [7, 11) is 1.73. The molecule has 82 valence electrons. The average molecular weight is 248 g/mol. The van der Waals surface area contributed by atoms with Crippen LogP contribution in [-0.4, -0.2) is 29.6 Å². The highest BCUT2D eigenvalue weighted by Gasteiger charge is 2.06. The third kappa shape index (κ3) is 4.51. The standard InChI is InChI=1S/C10H11Cl2NO2/c1-13(6-10(14)15)5-7-2-8(11)4-9(12)3-7/h2-4H,5-6H2,1H3,(H,14,15). The Labute approximate surface area is 98.2 Å². The lowest BCUT2D eigenvalue weighted by Crippen LogP contribution is -2.25. The van der Waals surface area contributed by atoms with E-state index in [0.29, 0.717) is 16.6 Å². The number of hydrogen-bond donors (Lipinski definition) is 1. The molecule has 0 saturated carbocycles. The first kappa shape index (κ1) is 12.3. The summed E-state index contributed by atoms with van der Waals surface area (Å²) < 4.78 is 0. The summed E-state index contributed by atoms with van der Waals surface area (Å²) in [5.41, 5.74) is 0.899. The molecule has 15 heavy (non-hydrogen) atoms. The summed E-state index contributed by atoms with van der Waals surface area (Å²) >= 11 is 11.6. The van der Waals surface area contributed by atoms with Crippen LogP contribution in [0.3, 0.4) is 0 Å². The fraction of sp³-hybridized carbons (Fsp3) is 0.300. The van der Waals surface area contributed by atoms with Gasteiger partial charge in [-0.1, -0.05) is 23.2 Å². The largest absolute Gasteiger partial charge is 0.480 e. The van der Waals surface area contributed by atoms with Crippen LogP contribution >= 0.6 is 23.2 Å². The monoisotopic (exact) mass is 247 g/mol. The maximum absolute atomic E-state index is 10.4. The Morgan fingerprint density at radius 2 is 1.87 bits per heavy atom. The fourth-order valence-corrected chi connectivity index (χ4v) is 1.87. The number of carboxylic acids is 1. The quantitative estimate of drug-likeness (QED) is 0.889. The third-order valence-corrected chi connectivity index (χ3v) is 2.22. The molecule has 0 fully saturated rings. The van der Waals surface area contributed by atoms with Crippen molar-refractivity contribution in [3.63, 3.8) is 0 Å². The number of rotatable bonds is 4. The molecule has 0 radical (unpaired) electrons. The molecule has 0 atom stereocenters. The van der Waals surface area contributed by atoms with Gasteiger partial charge in [-0.25, -0.2) is 0 Å². The van der Waals surface area contributed by atoms with E-state index in [9.17, 15) is 4.79 Å². The van der Waals surface area contributed by atoms with Crippen molar-refractivity contribution in [1.82, 2.24) is 4.90 Å². The molecule has 1 N–H and O–H groups in total. The summed E-state index contributed by atoms with van der Waals surface area (Å²) in [6, 6.07) is 5.18. The number of carbonyl (C=O) groups is 1. The second-order valence-corrected chi connectivity index (χ2v) is 4.22. The predicted molar refractivity (Wildman–Crippen MR) is 60.4 cm³/mol.